The summed E-state index contributed by atoms with van der Waals surface area (Å²) >= 11 is 0. The molecule has 1 amide bonds. The Hall–Kier alpha value is -1.71. The number of hydrogen-bond donors (Lipinski definition) is 2. The molecule has 0 heterocycles. The Kier molecular flexibility index (Phi) is 5.48. The van der Waals surface area contributed by atoms with Crippen LogP contribution in [0.5, 0.6) is 5.75 Å². The first-order chi connectivity index (χ1) is 10.1. The van der Waals surface area contributed by atoms with Gasteiger partial charge in [0.25, 0.3) is 5.91 Å². The van der Waals surface area contributed by atoms with Gasteiger partial charge in [0.15, 0.2) is 0 Å². The van der Waals surface area contributed by atoms with Crippen molar-refractivity contribution in [3.8, 4) is 5.75 Å². The average molecular weight is 290 g/mol. The number of nitrogens with one attached hydrogen (secondary N) is 1. The van der Waals surface area contributed by atoms with E-state index in [1.165, 1.54) is 25.7 Å². The van der Waals surface area contributed by atoms with E-state index in [0.29, 0.717) is 17.0 Å². The first kappa shape index (κ1) is 15.7. The molecule has 3 N–H and O–H groups in total. The second-order valence-electron chi connectivity index (χ2n) is 6.14. The van der Waals surface area contributed by atoms with Crippen molar-refractivity contribution >= 4 is 11.6 Å². The second kappa shape index (κ2) is 7.34. The van der Waals surface area contributed by atoms with E-state index in [2.05, 4.69) is 12.2 Å². The minimum absolute atomic E-state index is 0.0981. The number of ether oxygens (including phenoxy) is 1. The van der Waals surface area contributed by atoms with Crippen LogP contribution in [0.1, 0.15) is 49.4 Å². The quantitative estimate of drug-likeness (QED) is 0.818. The Morgan fingerprint density at radius 3 is 2.90 bits per heavy atom. The van der Waals surface area contributed by atoms with Gasteiger partial charge in [-0.05, 0) is 36.8 Å². The molecule has 1 saturated carbocycles. The van der Waals surface area contributed by atoms with Gasteiger partial charge in [-0.15, -0.1) is 0 Å². The molecule has 0 saturated heterocycles. The van der Waals surface area contributed by atoms with Crippen molar-refractivity contribution in [1.82, 2.24) is 5.32 Å². The number of hydrogen-bond acceptors (Lipinski definition) is 3. The fraction of sp³-hybridized carbons (Fsp3) is 0.588. The van der Waals surface area contributed by atoms with Crippen LogP contribution < -0.4 is 15.8 Å². The van der Waals surface area contributed by atoms with Crippen LogP contribution in [-0.2, 0) is 0 Å². The monoisotopic (exact) mass is 290 g/mol. The van der Waals surface area contributed by atoms with E-state index in [-0.39, 0.29) is 5.91 Å². The van der Waals surface area contributed by atoms with Gasteiger partial charge in [-0.3, -0.25) is 4.79 Å². The van der Waals surface area contributed by atoms with Crippen LogP contribution >= 0.6 is 0 Å². The van der Waals surface area contributed by atoms with Crippen LogP contribution in [0.4, 0.5) is 5.69 Å². The maximum Gasteiger partial charge on any atom is 0.253 e. The Morgan fingerprint density at radius 1 is 1.43 bits per heavy atom. The molecule has 1 fully saturated rings. The van der Waals surface area contributed by atoms with Crippen LogP contribution in [-0.4, -0.2) is 19.6 Å². The SMILES string of the molecule is COc1ccc(C(=O)NCCC2CCCC(C)C2)c(N)c1. The van der Waals surface area contributed by atoms with Gasteiger partial charge in [0, 0.05) is 18.3 Å². The van der Waals surface area contributed by atoms with E-state index in [1.807, 2.05) is 0 Å². The van der Waals surface area contributed by atoms with E-state index < -0.39 is 0 Å². The van der Waals surface area contributed by atoms with Crippen LogP contribution in [0.3, 0.4) is 0 Å². The largest absolute Gasteiger partial charge is 0.497 e. The zero-order valence-electron chi connectivity index (χ0n) is 13.0. The van der Waals surface area contributed by atoms with Gasteiger partial charge in [0.1, 0.15) is 5.75 Å². The Bertz CT molecular complexity index is 488. The Balaban J connectivity index is 1.81. The number of carbonyl (C=O) groups excluding carboxylic acids is 1. The van der Waals surface area contributed by atoms with Crippen molar-refractivity contribution in [2.75, 3.05) is 19.4 Å². The van der Waals surface area contributed by atoms with E-state index in [9.17, 15) is 4.79 Å². The molecule has 4 nitrogen and oxygen atoms in total. The summed E-state index contributed by atoms with van der Waals surface area (Å²) < 4.78 is 5.09. The summed E-state index contributed by atoms with van der Waals surface area (Å²) in [6.07, 6.45) is 6.33. The standard InChI is InChI=1S/C17H26N2O2/c1-12-4-3-5-13(10-12)8-9-19-17(20)15-7-6-14(21-2)11-16(15)18/h6-7,11-13H,3-5,8-10,18H2,1-2H3,(H,19,20). The van der Waals surface area contributed by atoms with Crippen LogP contribution in [0.15, 0.2) is 18.2 Å². The Labute approximate surface area is 127 Å². The van der Waals surface area contributed by atoms with E-state index in [4.69, 9.17) is 10.5 Å². The number of carbonyl (C=O) groups is 1. The van der Waals surface area contributed by atoms with Gasteiger partial charge in [-0.25, -0.2) is 0 Å². The average Bonchev–Trinajstić information content (AvgIpc) is 2.47. The van der Waals surface area contributed by atoms with Crippen LogP contribution in [0, 0.1) is 11.8 Å². The molecule has 116 valence electrons. The lowest BCUT2D eigenvalue weighted by Gasteiger charge is -2.26. The predicted octanol–water partition coefficient (Wildman–Crippen LogP) is 3.22. The normalized spacial score (nSPS) is 21.8. The molecule has 2 atom stereocenters. The number of benzene rings is 1. The zero-order valence-corrected chi connectivity index (χ0v) is 13.0. The van der Waals surface area contributed by atoms with Gasteiger partial charge < -0.3 is 15.8 Å². The molecule has 1 aromatic carbocycles. The maximum absolute atomic E-state index is 12.1. The van der Waals surface area contributed by atoms with Gasteiger partial charge in [-0.1, -0.05) is 26.2 Å². The highest BCUT2D eigenvalue weighted by molar-refractivity contribution is 5.99. The number of methoxy groups -OCH3 is 1. The van der Waals surface area contributed by atoms with Crippen molar-refractivity contribution in [3.05, 3.63) is 23.8 Å². The van der Waals surface area contributed by atoms with Crippen molar-refractivity contribution in [2.24, 2.45) is 11.8 Å². The maximum atomic E-state index is 12.1. The van der Waals surface area contributed by atoms with E-state index in [0.717, 1.165) is 24.8 Å². The molecular formula is C17H26N2O2. The fourth-order valence-electron chi connectivity index (χ4n) is 3.18. The lowest BCUT2D eigenvalue weighted by molar-refractivity contribution is 0.0950. The number of nitrogens with two attached hydrogens (primary N) is 1. The summed E-state index contributed by atoms with van der Waals surface area (Å²) in [5, 5.41) is 2.98. The third-order valence-electron chi connectivity index (χ3n) is 4.39. The summed E-state index contributed by atoms with van der Waals surface area (Å²) in [7, 11) is 1.58. The molecule has 1 aromatic rings. The van der Waals surface area contributed by atoms with Gasteiger partial charge in [0.05, 0.1) is 12.7 Å². The summed E-state index contributed by atoms with van der Waals surface area (Å²) in [4.78, 5) is 12.1. The molecule has 2 rings (SSSR count). The highest BCUT2D eigenvalue weighted by atomic mass is 16.5. The predicted molar refractivity (Wildman–Crippen MR) is 85.5 cm³/mol. The highest BCUT2D eigenvalue weighted by Crippen LogP contribution is 2.30. The number of amides is 1. The number of anilines is 1. The number of rotatable bonds is 5. The smallest absolute Gasteiger partial charge is 0.253 e. The minimum Gasteiger partial charge on any atom is -0.497 e. The van der Waals surface area contributed by atoms with Crippen molar-refractivity contribution in [3.63, 3.8) is 0 Å². The molecule has 0 spiro atoms. The fourth-order valence-corrected chi connectivity index (χ4v) is 3.18. The van der Waals surface area contributed by atoms with Gasteiger partial charge in [0.2, 0.25) is 0 Å². The number of nitrogen functional groups attached to an aromatic ring is 1. The molecule has 0 bridgehead atoms. The lowest BCUT2D eigenvalue weighted by Crippen LogP contribution is -2.27. The van der Waals surface area contributed by atoms with Crippen molar-refractivity contribution in [2.45, 2.75) is 39.0 Å². The molecule has 0 aliphatic heterocycles. The Morgan fingerprint density at radius 2 is 2.24 bits per heavy atom. The summed E-state index contributed by atoms with van der Waals surface area (Å²) in [6.45, 7) is 3.05. The minimum atomic E-state index is -0.0981. The lowest BCUT2D eigenvalue weighted by atomic mass is 9.81. The van der Waals surface area contributed by atoms with E-state index >= 15 is 0 Å². The molecule has 0 radical (unpaired) electrons. The first-order valence-corrected chi connectivity index (χ1v) is 7.82. The molecule has 2 unspecified atom stereocenters. The van der Waals surface area contributed by atoms with Crippen molar-refractivity contribution < 1.29 is 9.53 Å². The summed E-state index contributed by atoms with van der Waals surface area (Å²) in [5.74, 6) is 2.15. The summed E-state index contributed by atoms with van der Waals surface area (Å²) in [5.41, 5.74) is 6.87. The third-order valence-corrected chi connectivity index (χ3v) is 4.39. The first-order valence-electron chi connectivity index (χ1n) is 7.82. The molecular weight excluding hydrogens is 264 g/mol. The highest BCUT2D eigenvalue weighted by Gasteiger charge is 2.19. The van der Waals surface area contributed by atoms with E-state index in [1.54, 1.807) is 25.3 Å². The second-order valence-corrected chi connectivity index (χ2v) is 6.14. The molecule has 1 aliphatic carbocycles. The molecule has 4 heteroatoms. The van der Waals surface area contributed by atoms with Gasteiger partial charge in [-0.2, -0.15) is 0 Å². The topological polar surface area (TPSA) is 64.3 Å². The molecule has 1 aliphatic rings. The van der Waals surface area contributed by atoms with Gasteiger partial charge >= 0.3 is 0 Å². The van der Waals surface area contributed by atoms with Crippen molar-refractivity contribution in [1.29, 1.82) is 0 Å². The van der Waals surface area contributed by atoms with Crippen LogP contribution in [0.2, 0.25) is 0 Å². The molecule has 0 aromatic heterocycles. The molecule has 21 heavy (non-hydrogen) atoms. The third kappa shape index (κ3) is 4.38. The van der Waals surface area contributed by atoms with Crippen LogP contribution in [0.25, 0.3) is 0 Å². The summed E-state index contributed by atoms with van der Waals surface area (Å²) in [6, 6.07) is 5.15. The zero-order chi connectivity index (χ0) is 15.2.